The van der Waals surface area contributed by atoms with E-state index in [0.29, 0.717) is 10.7 Å². The second kappa shape index (κ2) is 7.73. The molecule has 10 heteroatoms. The van der Waals surface area contributed by atoms with Gasteiger partial charge in [0, 0.05) is 24.8 Å². The summed E-state index contributed by atoms with van der Waals surface area (Å²) in [5.41, 5.74) is 0.835. The number of hydrogen-bond donors (Lipinski definition) is 1. The molecule has 1 fully saturated rings. The first kappa shape index (κ1) is 18.1. The predicted molar refractivity (Wildman–Crippen MR) is 102 cm³/mol. The maximum absolute atomic E-state index is 13.2. The summed E-state index contributed by atoms with van der Waals surface area (Å²) in [5, 5.41) is 4.16. The average molecular weight is 407 g/mol. The van der Waals surface area contributed by atoms with E-state index in [2.05, 4.69) is 25.2 Å². The van der Waals surface area contributed by atoms with E-state index in [-0.39, 0.29) is 17.3 Å². The van der Waals surface area contributed by atoms with Gasteiger partial charge in [-0.1, -0.05) is 23.1 Å². The minimum atomic E-state index is -1.00. The molecule has 1 aromatic carbocycles. The van der Waals surface area contributed by atoms with Gasteiger partial charge in [0.15, 0.2) is 22.4 Å². The summed E-state index contributed by atoms with van der Waals surface area (Å²) < 4.78 is 27.0. The van der Waals surface area contributed by atoms with Crippen LogP contribution in [0.15, 0.2) is 29.6 Å². The minimum absolute atomic E-state index is 0.0854. The third-order valence-corrected chi connectivity index (χ3v) is 6.30. The molecule has 0 radical (unpaired) electrons. The first-order valence-corrected chi connectivity index (χ1v) is 10.1. The van der Waals surface area contributed by atoms with E-state index < -0.39 is 11.6 Å². The molecule has 1 amide bonds. The second-order valence-corrected chi connectivity index (χ2v) is 7.93. The van der Waals surface area contributed by atoms with Crippen LogP contribution in [0.3, 0.4) is 0 Å². The Morgan fingerprint density at radius 2 is 2.04 bits per heavy atom. The zero-order chi connectivity index (χ0) is 18.8. The van der Waals surface area contributed by atoms with E-state index >= 15 is 0 Å². The van der Waals surface area contributed by atoms with Gasteiger partial charge < -0.3 is 10.2 Å². The summed E-state index contributed by atoms with van der Waals surface area (Å²) in [6.45, 7) is 1.98. The highest BCUT2D eigenvalue weighted by Gasteiger charge is 2.19. The zero-order valence-electron chi connectivity index (χ0n) is 14.1. The molecular weight excluding hydrogens is 392 g/mol. The van der Waals surface area contributed by atoms with Gasteiger partial charge in [-0.3, -0.25) is 4.79 Å². The lowest BCUT2D eigenvalue weighted by molar-refractivity contribution is -0.113. The van der Waals surface area contributed by atoms with Crippen LogP contribution in [0.5, 0.6) is 0 Å². The number of aromatic nitrogens is 3. The smallest absolute Gasteiger partial charge is 0.234 e. The molecule has 3 heterocycles. The monoisotopic (exact) mass is 407 g/mol. The quantitative estimate of drug-likeness (QED) is 0.514. The third-order valence-electron chi connectivity index (χ3n) is 4.07. The Hall–Kier alpha value is -2.33. The fourth-order valence-electron chi connectivity index (χ4n) is 2.77. The summed E-state index contributed by atoms with van der Waals surface area (Å²) >= 11 is 2.79. The van der Waals surface area contributed by atoms with E-state index in [1.54, 1.807) is 0 Å². The van der Waals surface area contributed by atoms with E-state index in [1.807, 2.05) is 0 Å². The molecule has 4 rings (SSSR count). The van der Waals surface area contributed by atoms with Gasteiger partial charge in [-0.05, 0) is 25.0 Å². The maximum Gasteiger partial charge on any atom is 0.234 e. The molecule has 3 aromatic rings. The van der Waals surface area contributed by atoms with Crippen LogP contribution in [0.1, 0.15) is 12.8 Å². The maximum atomic E-state index is 13.2. The predicted octanol–water partition coefficient (Wildman–Crippen LogP) is 3.70. The van der Waals surface area contributed by atoms with Crippen molar-refractivity contribution in [3.05, 3.63) is 36.2 Å². The van der Waals surface area contributed by atoms with E-state index in [9.17, 15) is 13.6 Å². The Morgan fingerprint density at radius 1 is 1.22 bits per heavy atom. The van der Waals surface area contributed by atoms with Gasteiger partial charge in [0.05, 0.1) is 5.75 Å². The number of fused-ring (bicyclic) bond motifs is 1. The Bertz CT molecular complexity index is 991. The van der Waals surface area contributed by atoms with E-state index in [4.69, 9.17) is 0 Å². The molecule has 27 heavy (non-hydrogen) atoms. The second-order valence-electron chi connectivity index (χ2n) is 5.99. The van der Waals surface area contributed by atoms with Gasteiger partial charge in [-0.2, -0.15) is 4.98 Å². The van der Waals surface area contributed by atoms with Crippen LogP contribution in [-0.4, -0.2) is 39.7 Å². The lowest BCUT2D eigenvalue weighted by Crippen LogP contribution is -2.16. The molecule has 1 N–H and O–H groups in total. The van der Waals surface area contributed by atoms with Crippen molar-refractivity contribution in [1.82, 2.24) is 15.0 Å². The number of amides is 1. The Kier molecular flexibility index (Phi) is 5.17. The number of nitrogens with one attached hydrogen (secondary N) is 1. The lowest BCUT2D eigenvalue weighted by atomic mass is 10.3. The molecule has 1 aliphatic rings. The Labute approximate surface area is 162 Å². The van der Waals surface area contributed by atoms with Crippen molar-refractivity contribution >= 4 is 50.2 Å². The zero-order valence-corrected chi connectivity index (χ0v) is 15.7. The van der Waals surface area contributed by atoms with Crippen LogP contribution in [-0.2, 0) is 4.79 Å². The van der Waals surface area contributed by atoms with Crippen molar-refractivity contribution in [2.45, 2.75) is 17.9 Å². The number of carbonyl (C=O) groups is 1. The van der Waals surface area contributed by atoms with Crippen molar-refractivity contribution in [3.63, 3.8) is 0 Å². The van der Waals surface area contributed by atoms with Gasteiger partial charge in [-0.15, -0.1) is 0 Å². The molecular formula is C17H15F2N5OS2. The van der Waals surface area contributed by atoms with Crippen molar-refractivity contribution in [2.75, 3.05) is 29.1 Å². The fraction of sp³-hybridized carbons (Fsp3) is 0.294. The van der Waals surface area contributed by atoms with Gasteiger partial charge in [0.2, 0.25) is 5.91 Å². The lowest BCUT2D eigenvalue weighted by Gasteiger charge is -2.11. The Morgan fingerprint density at radius 3 is 2.81 bits per heavy atom. The first-order valence-electron chi connectivity index (χ1n) is 8.34. The number of rotatable bonds is 5. The van der Waals surface area contributed by atoms with Crippen LogP contribution in [0, 0.1) is 11.6 Å². The molecule has 140 valence electrons. The number of carbonyl (C=O) groups excluding carboxylic acids is 1. The summed E-state index contributed by atoms with van der Waals surface area (Å²) in [5.74, 6) is -2.20. The van der Waals surface area contributed by atoms with Crippen LogP contribution < -0.4 is 10.2 Å². The largest absolute Gasteiger partial charge is 0.348 e. The van der Waals surface area contributed by atoms with Crippen molar-refractivity contribution in [3.8, 4) is 0 Å². The summed E-state index contributed by atoms with van der Waals surface area (Å²) in [6, 6.07) is 3.24. The summed E-state index contributed by atoms with van der Waals surface area (Å²) in [6.07, 6.45) is 3.76. The third kappa shape index (κ3) is 4.01. The SMILES string of the molecule is O=C(CSc1ncnc2nc(N3CCCC3)sc12)Nc1ccc(F)c(F)c1. The number of thiazole rings is 1. The number of benzene rings is 1. The first-order chi connectivity index (χ1) is 13.1. The molecule has 6 nitrogen and oxygen atoms in total. The highest BCUT2D eigenvalue weighted by molar-refractivity contribution is 8.00. The molecule has 1 aliphatic heterocycles. The van der Waals surface area contributed by atoms with Gasteiger partial charge in [0.25, 0.3) is 0 Å². The highest BCUT2D eigenvalue weighted by atomic mass is 32.2. The van der Waals surface area contributed by atoms with Crippen molar-refractivity contribution < 1.29 is 13.6 Å². The van der Waals surface area contributed by atoms with Crippen LogP contribution in [0.25, 0.3) is 10.3 Å². The van der Waals surface area contributed by atoms with E-state index in [0.717, 1.165) is 47.9 Å². The molecule has 0 unspecified atom stereocenters. The van der Waals surface area contributed by atoms with Crippen LogP contribution >= 0.6 is 23.1 Å². The summed E-state index contributed by atoms with van der Waals surface area (Å²) in [7, 11) is 0. The Balaban J connectivity index is 1.44. The van der Waals surface area contributed by atoms with Gasteiger partial charge in [0.1, 0.15) is 16.1 Å². The topological polar surface area (TPSA) is 71.0 Å². The number of anilines is 2. The van der Waals surface area contributed by atoms with E-state index in [1.165, 1.54) is 35.5 Å². The molecule has 0 atom stereocenters. The standard InChI is InChI=1S/C17H15F2N5OS2/c18-11-4-3-10(7-12(11)19)22-13(25)8-26-16-14-15(20-9-21-16)23-17(27-14)24-5-1-2-6-24/h3-4,7,9H,1-2,5-6,8H2,(H,22,25). The number of nitrogens with zero attached hydrogens (tertiary/aromatic N) is 4. The molecule has 2 aromatic heterocycles. The number of hydrogen-bond acceptors (Lipinski definition) is 7. The summed E-state index contributed by atoms with van der Waals surface area (Å²) in [4.78, 5) is 27.4. The van der Waals surface area contributed by atoms with Crippen LogP contribution in [0.2, 0.25) is 0 Å². The molecule has 0 spiro atoms. The highest BCUT2D eigenvalue weighted by Crippen LogP contribution is 2.34. The number of halogens is 2. The number of thioether (sulfide) groups is 1. The molecule has 0 aliphatic carbocycles. The van der Waals surface area contributed by atoms with Crippen molar-refractivity contribution in [1.29, 1.82) is 0 Å². The molecule has 0 saturated carbocycles. The van der Waals surface area contributed by atoms with Gasteiger partial charge in [-0.25, -0.2) is 18.7 Å². The molecule has 0 bridgehead atoms. The van der Waals surface area contributed by atoms with Crippen LogP contribution in [0.4, 0.5) is 19.6 Å². The average Bonchev–Trinajstić information content (AvgIpc) is 3.32. The normalized spacial score (nSPS) is 14.1. The fourth-order valence-corrected chi connectivity index (χ4v) is 4.72. The van der Waals surface area contributed by atoms with Crippen molar-refractivity contribution in [2.24, 2.45) is 0 Å². The molecule has 1 saturated heterocycles. The van der Waals surface area contributed by atoms with Gasteiger partial charge >= 0.3 is 0 Å². The minimum Gasteiger partial charge on any atom is -0.348 e.